The van der Waals surface area contributed by atoms with E-state index in [4.69, 9.17) is 4.74 Å². The zero-order chi connectivity index (χ0) is 11.8. The summed E-state index contributed by atoms with van der Waals surface area (Å²) < 4.78 is 5.37. The van der Waals surface area contributed by atoms with E-state index < -0.39 is 0 Å². The van der Waals surface area contributed by atoms with E-state index in [0.717, 1.165) is 11.3 Å². The molecule has 1 amide bonds. The van der Waals surface area contributed by atoms with Crippen LogP contribution < -0.4 is 10.1 Å². The van der Waals surface area contributed by atoms with Gasteiger partial charge in [0.1, 0.15) is 5.75 Å². The number of ether oxygens (including phenoxy) is 1. The Morgan fingerprint density at radius 2 is 2.31 bits per heavy atom. The SMILES string of the molecule is CC=CC(=O)NCc1cccc(OCC)c1. The standard InChI is InChI=1S/C13H17NO2/c1-3-6-13(15)14-10-11-7-5-8-12(9-11)16-4-2/h3,5-9H,4,10H2,1-2H3,(H,14,15). The van der Waals surface area contributed by atoms with Gasteiger partial charge in [0, 0.05) is 6.54 Å². The minimum atomic E-state index is -0.0793. The number of carbonyl (C=O) groups excluding carboxylic acids is 1. The number of carbonyl (C=O) groups is 1. The number of rotatable bonds is 5. The molecule has 0 aliphatic rings. The van der Waals surface area contributed by atoms with Crippen molar-refractivity contribution in [3.63, 3.8) is 0 Å². The van der Waals surface area contributed by atoms with Gasteiger partial charge in [-0.1, -0.05) is 18.2 Å². The van der Waals surface area contributed by atoms with Crippen LogP contribution in [0.5, 0.6) is 5.75 Å². The Hall–Kier alpha value is -1.77. The van der Waals surface area contributed by atoms with Crippen LogP contribution in [0.3, 0.4) is 0 Å². The molecule has 0 fully saturated rings. The number of allylic oxidation sites excluding steroid dienone is 1. The second kappa shape index (κ2) is 6.67. The van der Waals surface area contributed by atoms with Crippen molar-refractivity contribution >= 4 is 5.91 Å². The largest absolute Gasteiger partial charge is 0.494 e. The summed E-state index contributed by atoms with van der Waals surface area (Å²) >= 11 is 0. The molecule has 0 aliphatic heterocycles. The zero-order valence-electron chi connectivity index (χ0n) is 9.69. The van der Waals surface area contributed by atoms with Crippen LogP contribution in [0.2, 0.25) is 0 Å². The molecule has 1 N–H and O–H groups in total. The Labute approximate surface area is 96.1 Å². The number of hydrogen-bond donors (Lipinski definition) is 1. The van der Waals surface area contributed by atoms with Gasteiger partial charge in [-0.05, 0) is 37.6 Å². The third kappa shape index (κ3) is 4.17. The topological polar surface area (TPSA) is 38.3 Å². The van der Waals surface area contributed by atoms with Crippen molar-refractivity contribution in [3.8, 4) is 5.75 Å². The van der Waals surface area contributed by atoms with Crippen molar-refractivity contribution < 1.29 is 9.53 Å². The van der Waals surface area contributed by atoms with Gasteiger partial charge in [0.25, 0.3) is 0 Å². The Morgan fingerprint density at radius 1 is 1.50 bits per heavy atom. The molecule has 0 saturated heterocycles. The van der Waals surface area contributed by atoms with Gasteiger partial charge in [0.05, 0.1) is 6.61 Å². The molecule has 86 valence electrons. The summed E-state index contributed by atoms with van der Waals surface area (Å²) in [5, 5.41) is 2.79. The molecule has 3 heteroatoms. The molecule has 0 heterocycles. The molecular formula is C13H17NO2. The molecule has 0 radical (unpaired) electrons. The van der Waals surface area contributed by atoms with E-state index in [0.29, 0.717) is 13.2 Å². The smallest absolute Gasteiger partial charge is 0.243 e. The van der Waals surface area contributed by atoms with E-state index in [-0.39, 0.29) is 5.91 Å². The molecule has 0 atom stereocenters. The van der Waals surface area contributed by atoms with Crippen molar-refractivity contribution in [3.05, 3.63) is 42.0 Å². The summed E-state index contributed by atoms with van der Waals surface area (Å²) in [6.07, 6.45) is 3.22. The number of benzene rings is 1. The average molecular weight is 219 g/mol. The molecule has 0 saturated carbocycles. The summed E-state index contributed by atoms with van der Waals surface area (Å²) in [6.45, 7) is 4.92. The van der Waals surface area contributed by atoms with Crippen LogP contribution in [0.4, 0.5) is 0 Å². The van der Waals surface area contributed by atoms with Gasteiger partial charge in [-0.15, -0.1) is 0 Å². The molecule has 1 aromatic rings. The highest BCUT2D eigenvalue weighted by molar-refractivity contribution is 5.87. The minimum Gasteiger partial charge on any atom is -0.494 e. The fraction of sp³-hybridized carbons (Fsp3) is 0.308. The monoisotopic (exact) mass is 219 g/mol. The number of amides is 1. The molecule has 1 rings (SSSR count). The van der Waals surface area contributed by atoms with Gasteiger partial charge in [-0.3, -0.25) is 4.79 Å². The van der Waals surface area contributed by atoms with E-state index in [1.54, 1.807) is 6.08 Å². The van der Waals surface area contributed by atoms with Crippen molar-refractivity contribution in [2.24, 2.45) is 0 Å². The zero-order valence-corrected chi connectivity index (χ0v) is 9.69. The van der Waals surface area contributed by atoms with Crippen LogP contribution >= 0.6 is 0 Å². The van der Waals surface area contributed by atoms with Crippen LogP contribution in [-0.2, 0) is 11.3 Å². The second-order valence-electron chi connectivity index (χ2n) is 3.30. The first-order chi connectivity index (χ1) is 7.76. The van der Waals surface area contributed by atoms with Crippen LogP contribution in [0, 0.1) is 0 Å². The van der Waals surface area contributed by atoms with E-state index in [1.807, 2.05) is 38.1 Å². The number of hydrogen-bond acceptors (Lipinski definition) is 2. The minimum absolute atomic E-state index is 0.0793. The molecule has 0 bridgehead atoms. The predicted octanol–water partition coefficient (Wildman–Crippen LogP) is 2.28. The molecule has 0 aromatic heterocycles. The Morgan fingerprint density at radius 3 is 3.00 bits per heavy atom. The number of nitrogens with one attached hydrogen (secondary N) is 1. The van der Waals surface area contributed by atoms with Gasteiger partial charge >= 0.3 is 0 Å². The van der Waals surface area contributed by atoms with Crippen LogP contribution in [0.15, 0.2) is 36.4 Å². The molecule has 16 heavy (non-hydrogen) atoms. The summed E-state index contributed by atoms with van der Waals surface area (Å²) in [4.78, 5) is 11.2. The Kier molecular flexibility index (Phi) is 5.12. The van der Waals surface area contributed by atoms with Gasteiger partial charge in [-0.2, -0.15) is 0 Å². The van der Waals surface area contributed by atoms with E-state index in [9.17, 15) is 4.79 Å². The summed E-state index contributed by atoms with van der Waals surface area (Å²) in [7, 11) is 0. The first-order valence-corrected chi connectivity index (χ1v) is 5.38. The predicted molar refractivity (Wildman–Crippen MR) is 64.3 cm³/mol. The van der Waals surface area contributed by atoms with Gasteiger partial charge < -0.3 is 10.1 Å². The Bertz CT molecular complexity index is 372. The lowest BCUT2D eigenvalue weighted by atomic mass is 10.2. The van der Waals surface area contributed by atoms with Crippen molar-refractivity contribution in [2.75, 3.05) is 6.61 Å². The summed E-state index contributed by atoms with van der Waals surface area (Å²) in [5.41, 5.74) is 1.03. The van der Waals surface area contributed by atoms with Crippen molar-refractivity contribution in [1.29, 1.82) is 0 Å². The first-order valence-electron chi connectivity index (χ1n) is 5.38. The molecule has 3 nitrogen and oxygen atoms in total. The maximum atomic E-state index is 11.2. The van der Waals surface area contributed by atoms with E-state index in [2.05, 4.69) is 5.32 Å². The lowest BCUT2D eigenvalue weighted by molar-refractivity contribution is -0.116. The van der Waals surface area contributed by atoms with Gasteiger partial charge in [-0.25, -0.2) is 0 Å². The second-order valence-corrected chi connectivity index (χ2v) is 3.30. The molecular weight excluding hydrogens is 202 g/mol. The van der Waals surface area contributed by atoms with Crippen LogP contribution in [0.25, 0.3) is 0 Å². The van der Waals surface area contributed by atoms with Crippen molar-refractivity contribution in [1.82, 2.24) is 5.32 Å². The summed E-state index contributed by atoms with van der Waals surface area (Å²) in [6, 6.07) is 7.71. The molecule has 1 aromatic carbocycles. The fourth-order valence-corrected chi connectivity index (χ4v) is 1.31. The average Bonchev–Trinajstić information content (AvgIpc) is 2.28. The van der Waals surface area contributed by atoms with E-state index >= 15 is 0 Å². The van der Waals surface area contributed by atoms with E-state index in [1.165, 1.54) is 6.08 Å². The van der Waals surface area contributed by atoms with Crippen LogP contribution in [0.1, 0.15) is 19.4 Å². The first kappa shape index (κ1) is 12.3. The highest BCUT2D eigenvalue weighted by Crippen LogP contribution is 2.12. The molecule has 0 spiro atoms. The molecule has 0 unspecified atom stereocenters. The maximum absolute atomic E-state index is 11.2. The van der Waals surface area contributed by atoms with Gasteiger partial charge in [0.2, 0.25) is 5.91 Å². The molecule has 0 aliphatic carbocycles. The van der Waals surface area contributed by atoms with Crippen LogP contribution in [-0.4, -0.2) is 12.5 Å². The van der Waals surface area contributed by atoms with Crippen molar-refractivity contribution in [2.45, 2.75) is 20.4 Å². The maximum Gasteiger partial charge on any atom is 0.243 e. The van der Waals surface area contributed by atoms with Gasteiger partial charge in [0.15, 0.2) is 0 Å². The normalized spacial score (nSPS) is 10.4. The third-order valence-electron chi connectivity index (χ3n) is 1.99. The highest BCUT2D eigenvalue weighted by atomic mass is 16.5. The third-order valence-corrected chi connectivity index (χ3v) is 1.99. The lowest BCUT2D eigenvalue weighted by Gasteiger charge is -2.06. The fourth-order valence-electron chi connectivity index (χ4n) is 1.31. The lowest BCUT2D eigenvalue weighted by Crippen LogP contribution is -2.20. The Balaban J connectivity index is 2.53. The summed E-state index contributed by atoms with van der Waals surface area (Å²) in [5.74, 6) is 0.754. The highest BCUT2D eigenvalue weighted by Gasteiger charge is 1.98. The quantitative estimate of drug-likeness (QED) is 0.771.